The van der Waals surface area contributed by atoms with Gasteiger partial charge in [-0.25, -0.2) is 0 Å². The third kappa shape index (κ3) is 7.34. The van der Waals surface area contributed by atoms with Crippen LogP contribution >= 0.6 is 0 Å². The van der Waals surface area contributed by atoms with E-state index < -0.39 is 0 Å². The molecule has 0 aromatic heterocycles. The molecular formula is C18H39N. The van der Waals surface area contributed by atoms with Crippen molar-refractivity contribution in [2.75, 3.05) is 0 Å². The fraction of sp³-hybridized carbons (Fsp3) is 1.00. The van der Waals surface area contributed by atoms with Crippen molar-refractivity contribution < 1.29 is 0 Å². The summed E-state index contributed by atoms with van der Waals surface area (Å²) in [4.78, 5) is 0. The summed E-state index contributed by atoms with van der Waals surface area (Å²) in [6.45, 7) is 13.4. The van der Waals surface area contributed by atoms with Crippen LogP contribution in [0.15, 0.2) is 0 Å². The van der Waals surface area contributed by atoms with E-state index in [2.05, 4.69) is 27.7 Å². The zero-order chi connectivity index (χ0) is 14.8. The lowest BCUT2D eigenvalue weighted by atomic mass is 9.80. The van der Waals surface area contributed by atoms with E-state index in [9.17, 15) is 0 Å². The maximum atomic E-state index is 5.86. The molecule has 116 valence electrons. The highest BCUT2D eigenvalue weighted by Gasteiger charge is 2.28. The van der Waals surface area contributed by atoms with Gasteiger partial charge in [-0.15, -0.1) is 0 Å². The average molecular weight is 270 g/mol. The highest BCUT2D eigenvalue weighted by atomic mass is 14.6. The molecule has 1 aliphatic rings. The molecule has 0 heterocycles. The molecule has 5 atom stereocenters. The maximum absolute atomic E-state index is 5.86. The second kappa shape index (κ2) is 10.7. The molecule has 1 nitrogen and oxygen atoms in total. The van der Waals surface area contributed by atoms with Gasteiger partial charge in [0.25, 0.3) is 0 Å². The largest absolute Gasteiger partial charge is 0.328 e. The van der Waals surface area contributed by atoms with Gasteiger partial charge < -0.3 is 5.73 Å². The van der Waals surface area contributed by atoms with Gasteiger partial charge in [-0.2, -0.15) is 0 Å². The minimum atomic E-state index is 0.386. The van der Waals surface area contributed by atoms with Gasteiger partial charge in [-0.1, -0.05) is 60.3 Å². The normalized spacial score (nSPS) is 33.0. The molecule has 1 fully saturated rings. The Morgan fingerprint density at radius 1 is 1.05 bits per heavy atom. The van der Waals surface area contributed by atoms with Crippen molar-refractivity contribution in [2.45, 2.75) is 92.5 Å². The van der Waals surface area contributed by atoms with E-state index in [4.69, 9.17) is 5.73 Å². The van der Waals surface area contributed by atoms with Gasteiger partial charge in [0, 0.05) is 6.04 Å². The van der Waals surface area contributed by atoms with Crippen LogP contribution in [0.5, 0.6) is 0 Å². The first kappa shape index (κ1) is 19.0. The fourth-order valence-corrected chi connectivity index (χ4v) is 3.49. The van der Waals surface area contributed by atoms with Gasteiger partial charge in [0.2, 0.25) is 0 Å². The monoisotopic (exact) mass is 269 g/mol. The maximum Gasteiger partial charge on any atom is 0.00104 e. The Balaban J connectivity index is 0.00000154. The Kier molecular flexibility index (Phi) is 10.7. The summed E-state index contributed by atoms with van der Waals surface area (Å²) in [6.07, 6.45) is 9.70. The molecule has 1 aliphatic carbocycles. The molecule has 0 radical (unpaired) electrons. The van der Waals surface area contributed by atoms with Crippen LogP contribution in [-0.4, -0.2) is 6.04 Å². The van der Waals surface area contributed by atoms with Gasteiger partial charge in [-0.05, 0) is 49.9 Å². The van der Waals surface area contributed by atoms with Crippen molar-refractivity contribution in [3.63, 3.8) is 0 Å². The Hall–Kier alpha value is -0.0400. The van der Waals surface area contributed by atoms with Crippen molar-refractivity contribution in [3.8, 4) is 0 Å². The molecule has 0 bridgehead atoms. The van der Waals surface area contributed by atoms with E-state index in [-0.39, 0.29) is 0 Å². The number of hydrogen-bond donors (Lipinski definition) is 1. The van der Waals surface area contributed by atoms with Crippen LogP contribution in [0.2, 0.25) is 0 Å². The summed E-state index contributed by atoms with van der Waals surface area (Å²) in [5, 5.41) is 0. The third-order valence-corrected chi connectivity index (χ3v) is 5.06. The molecule has 0 saturated heterocycles. The van der Waals surface area contributed by atoms with Gasteiger partial charge in [-0.3, -0.25) is 0 Å². The predicted molar refractivity (Wildman–Crippen MR) is 88.3 cm³/mol. The Bertz CT molecular complexity index is 200. The van der Waals surface area contributed by atoms with Crippen molar-refractivity contribution in [1.82, 2.24) is 0 Å². The molecule has 19 heavy (non-hydrogen) atoms. The molecule has 0 aromatic carbocycles. The molecule has 1 rings (SSSR count). The van der Waals surface area contributed by atoms with E-state index in [0.29, 0.717) is 6.04 Å². The number of hydrogen-bond acceptors (Lipinski definition) is 1. The van der Waals surface area contributed by atoms with Crippen molar-refractivity contribution in [2.24, 2.45) is 29.4 Å². The van der Waals surface area contributed by atoms with Crippen LogP contribution < -0.4 is 5.73 Å². The van der Waals surface area contributed by atoms with Gasteiger partial charge in [0.1, 0.15) is 0 Å². The van der Waals surface area contributed by atoms with Crippen molar-refractivity contribution >= 4 is 0 Å². The average Bonchev–Trinajstić information content (AvgIpc) is 2.52. The van der Waals surface area contributed by atoms with Crippen LogP contribution in [0, 0.1) is 23.7 Å². The molecule has 0 aliphatic heterocycles. The standard InChI is InChI=1S/C16H33N.C2H6/c1-5-15-10-9-12(2)13(3)11-16(15)8-6-7-14(4)17;1-2/h12-16H,5-11,17H2,1-4H3;1-2H3. The highest BCUT2D eigenvalue weighted by Crippen LogP contribution is 2.39. The smallest absolute Gasteiger partial charge is 0.00104 e. The quantitative estimate of drug-likeness (QED) is 0.643. The molecule has 0 aromatic rings. The van der Waals surface area contributed by atoms with E-state index in [0.717, 1.165) is 23.7 Å². The summed E-state index contributed by atoms with van der Waals surface area (Å²) in [6, 6.07) is 0.386. The first-order chi connectivity index (χ1) is 9.04. The van der Waals surface area contributed by atoms with Crippen LogP contribution in [0.4, 0.5) is 0 Å². The molecule has 5 unspecified atom stereocenters. The second-order valence-electron chi connectivity index (χ2n) is 6.60. The molecule has 0 spiro atoms. The zero-order valence-electron chi connectivity index (χ0n) is 14.4. The van der Waals surface area contributed by atoms with Crippen LogP contribution in [0.25, 0.3) is 0 Å². The van der Waals surface area contributed by atoms with E-state index >= 15 is 0 Å². The molecule has 2 N–H and O–H groups in total. The summed E-state index contributed by atoms with van der Waals surface area (Å²) >= 11 is 0. The first-order valence-corrected chi connectivity index (χ1v) is 8.80. The van der Waals surface area contributed by atoms with Crippen LogP contribution in [0.1, 0.15) is 86.5 Å². The summed E-state index contributed by atoms with van der Waals surface area (Å²) < 4.78 is 0. The Labute approximate surface area is 122 Å². The molecule has 0 amide bonds. The highest BCUT2D eigenvalue weighted by molar-refractivity contribution is 4.79. The fourth-order valence-electron chi connectivity index (χ4n) is 3.49. The summed E-state index contributed by atoms with van der Waals surface area (Å²) in [7, 11) is 0. The minimum Gasteiger partial charge on any atom is -0.328 e. The van der Waals surface area contributed by atoms with Crippen LogP contribution in [-0.2, 0) is 0 Å². The predicted octanol–water partition coefficient (Wildman–Crippen LogP) is 5.63. The lowest BCUT2D eigenvalue weighted by Gasteiger charge is -2.26. The van der Waals surface area contributed by atoms with Crippen LogP contribution in [0.3, 0.4) is 0 Å². The third-order valence-electron chi connectivity index (χ3n) is 5.06. The van der Waals surface area contributed by atoms with E-state index in [1.807, 2.05) is 13.8 Å². The lowest BCUT2D eigenvalue weighted by Crippen LogP contribution is -2.18. The second-order valence-corrected chi connectivity index (χ2v) is 6.60. The SMILES string of the molecule is CC.CCC1CCC(C)C(C)CC1CCCC(C)N. The Morgan fingerprint density at radius 3 is 2.21 bits per heavy atom. The first-order valence-electron chi connectivity index (χ1n) is 8.80. The van der Waals surface area contributed by atoms with E-state index in [1.54, 1.807) is 0 Å². The van der Waals surface area contributed by atoms with Gasteiger partial charge in [0.15, 0.2) is 0 Å². The number of rotatable bonds is 5. The lowest BCUT2D eigenvalue weighted by molar-refractivity contribution is 0.254. The Morgan fingerprint density at radius 2 is 1.68 bits per heavy atom. The molecule has 1 heteroatoms. The van der Waals surface area contributed by atoms with Gasteiger partial charge >= 0.3 is 0 Å². The van der Waals surface area contributed by atoms with Crippen molar-refractivity contribution in [1.29, 1.82) is 0 Å². The van der Waals surface area contributed by atoms with Crippen molar-refractivity contribution in [3.05, 3.63) is 0 Å². The summed E-state index contributed by atoms with van der Waals surface area (Å²) in [5.41, 5.74) is 5.86. The van der Waals surface area contributed by atoms with E-state index in [1.165, 1.54) is 44.9 Å². The topological polar surface area (TPSA) is 26.0 Å². The molecular weight excluding hydrogens is 230 g/mol. The summed E-state index contributed by atoms with van der Waals surface area (Å²) in [5.74, 6) is 3.81. The zero-order valence-corrected chi connectivity index (χ0v) is 14.4. The minimum absolute atomic E-state index is 0.386. The number of nitrogens with two attached hydrogens (primary N) is 1. The molecule has 1 saturated carbocycles. The van der Waals surface area contributed by atoms with Gasteiger partial charge in [0.05, 0.1) is 0 Å².